The number of nitrogens with zero attached hydrogens (tertiary/aromatic N) is 1. The highest BCUT2D eigenvalue weighted by Gasteiger charge is 2.43. The summed E-state index contributed by atoms with van der Waals surface area (Å²) in [5.74, 6) is -2.60. The highest BCUT2D eigenvalue weighted by molar-refractivity contribution is 5.73. The smallest absolute Gasteiger partial charge is 0.393 e. The fourth-order valence-electron chi connectivity index (χ4n) is 1.96. The summed E-state index contributed by atoms with van der Waals surface area (Å²) in [6.45, 7) is -0.0711. The molecule has 0 aliphatic carbocycles. The maximum absolute atomic E-state index is 12.5. The van der Waals surface area contributed by atoms with Crippen LogP contribution in [0, 0.1) is 5.92 Å². The maximum atomic E-state index is 12.5. The molecule has 1 aliphatic heterocycles. The lowest BCUT2D eigenvalue weighted by Gasteiger charge is -2.36. The van der Waals surface area contributed by atoms with Crippen molar-refractivity contribution in [3.63, 3.8) is 0 Å². The molecule has 0 aromatic carbocycles. The number of hydrogen-bond donors (Lipinski definition) is 2. The van der Waals surface area contributed by atoms with Crippen molar-refractivity contribution < 1.29 is 23.1 Å². The van der Waals surface area contributed by atoms with Crippen LogP contribution < -0.4 is 5.73 Å². The predicted molar refractivity (Wildman–Crippen MR) is 50.8 cm³/mol. The Bertz CT molecular complexity index is 258. The lowest BCUT2D eigenvalue weighted by atomic mass is 9.96. The number of rotatable bonds is 3. The SMILES string of the molecule is NCC(C(=O)O)N1CCCC(C(F)(F)F)C1. The van der Waals surface area contributed by atoms with Gasteiger partial charge < -0.3 is 10.8 Å². The Hall–Kier alpha value is -0.820. The van der Waals surface area contributed by atoms with Gasteiger partial charge in [0.2, 0.25) is 0 Å². The monoisotopic (exact) mass is 240 g/mol. The van der Waals surface area contributed by atoms with Gasteiger partial charge in [0.05, 0.1) is 5.92 Å². The quantitative estimate of drug-likeness (QED) is 0.761. The highest BCUT2D eigenvalue weighted by atomic mass is 19.4. The van der Waals surface area contributed by atoms with Crippen molar-refractivity contribution in [3.05, 3.63) is 0 Å². The summed E-state index contributed by atoms with van der Waals surface area (Å²) >= 11 is 0. The van der Waals surface area contributed by atoms with Gasteiger partial charge in [-0.05, 0) is 19.4 Å². The largest absolute Gasteiger partial charge is 0.480 e. The van der Waals surface area contributed by atoms with Crippen LogP contribution in [0.5, 0.6) is 0 Å². The molecular formula is C9H15F3N2O2. The Morgan fingerprint density at radius 3 is 2.62 bits per heavy atom. The third-order valence-electron chi connectivity index (χ3n) is 2.86. The van der Waals surface area contributed by atoms with Crippen molar-refractivity contribution in [2.45, 2.75) is 25.1 Å². The highest BCUT2D eigenvalue weighted by Crippen LogP contribution is 2.33. The van der Waals surface area contributed by atoms with Gasteiger partial charge in [0, 0.05) is 13.1 Å². The van der Waals surface area contributed by atoms with Gasteiger partial charge in [0.25, 0.3) is 0 Å². The molecule has 0 saturated carbocycles. The summed E-state index contributed by atoms with van der Waals surface area (Å²) in [4.78, 5) is 12.1. The van der Waals surface area contributed by atoms with E-state index in [0.29, 0.717) is 13.0 Å². The van der Waals surface area contributed by atoms with E-state index in [1.807, 2.05) is 0 Å². The molecule has 0 spiro atoms. The van der Waals surface area contributed by atoms with Crippen LogP contribution in [0.25, 0.3) is 0 Å². The molecule has 2 unspecified atom stereocenters. The van der Waals surface area contributed by atoms with Crippen LogP contribution in [-0.2, 0) is 4.79 Å². The van der Waals surface area contributed by atoms with Gasteiger partial charge in [-0.3, -0.25) is 9.69 Å². The van der Waals surface area contributed by atoms with Gasteiger partial charge in [0.15, 0.2) is 0 Å². The molecule has 94 valence electrons. The third kappa shape index (κ3) is 3.08. The van der Waals surface area contributed by atoms with Crippen LogP contribution >= 0.6 is 0 Å². The van der Waals surface area contributed by atoms with Crippen molar-refractivity contribution >= 4 is 5.97 Å². The number of aliphatic carboxylic acids is 1. The minimum absolute atomic E-state index is 0.0664. The fraction of sp³-hybridized carbons (Fsp3) is 0.889. The molecule has 2 atom stereocenters. The Balaban J connectivity index is 2.66. The average Bonchev–Trinajstić information content (AvgIpc) is 2.17. The van der Waals surface area contributed by atoms with Crippen molar-refractivity contribution in [1.29, 1.82) is 0 Å². The fourth-order valence-corrected chi connectivity index (χ4v) is 1.96. The number of carbonyl (C=O) groups is 1. The van der Waals surface area contributed by atoms with Crippen LogP contribution in [0.2, 0.25) is 0 Å². The Morgan fingerprint density at radius 1 is 1.56 bits per heavy atom. The molecule has 4 nitrogen and oxygen atoms in total. The van der Waals surface area contributed by atoms with Crippen LogP contribution in [0.4, 0.5) is 13.2 Å². The normalized spacial score (nSPS) is 25.4. The van der Waals surface area contributed by atoms with E-state index < -0.39 is 24.1 Å². The van der Waals surface area contributed by atoms with E-state index in [4.69, 9.17) is 10.8 Å². The van der Waals surface area contributed by atoms with Gasteiger partial charge >= 0.3 is 12.1 Å². The average molecular weight is 240 g/mol. The Kier molecular flexibility index (Phi) is 4.15. The zero-order valence-corrected chi connectivity index (χ0v) is 8.70. The van der Waals surface area contributed by atoms with Crippen LogP contribution in [0.3, 0.4) is 0 Å². The minimum Gasteiger partial charge on any atom is -0.480 e. The third-order valence-corrected chi connectivity index (χ3v) is 2.86. The first-order chi connectivity index (χ1) is 7.36. The molecule has 0 aromatic rings. The first-order valence-electron chi connectivity index (χ1n) is 5.10. The molecule has 0 aromatic heterocycles. The van der Waals surface area contributed by atoms with E-state index in [1.54, 1.807) is 0 Å². The molecule has 1 heterocycles. The van der Waals surface area contributed by atoms with Crippen molar-refractivity contribution in [2.75, 3.05) is 19.6 Å². The summed E-state index contributed by atoms with van der Waals surface area (Å²) in [7, 11) is 0. The second-order valence-corrected chi connectivity index (χ2v) is 3.97. The zero-order valence-electron chi connectivity index (χ0n) is 8.70. The number of likely N-dealkylation sites (tertiary alicyclic amines) is 1. The van der Waals surface area contributed by atoms with Gasteiger partial charge in [-0.1, -0.05) is 0 Å². The molecule has 1 fully saturated rings. The molecule has 0 radical (unpaired) electrons. The maximum Gasteiger partial charge on any atom is 0.393 e. The summed E-state index contributed by atoms with van der Waals surface area (Å²) in [5.41, 5.74) is 5.26. The molecule has 3 N–H and O–H groups in total. The van der Waals surface area contributed by atoms with Crippen LogP contribution in [-0.4, -0.2) is 47.8 Å². The minimum atomic E-state index is -4.25. The first kappa shape index (κ1) is 13.2. The van der Waals surface area contributed by atoms with Gasteiger partial charge in [-0.25, -0.2) is 0 Å². The summed E-state index contributed by atoms with van der Waals surface area (Å²) in [6.07, 6.45) is -3.83. The van der Waals surface area contributed by atoms with Gasteiger partial charge in [-0.15, -0.1) is 0 Å². The Morgan fingerprint density at radius 2 is 2.19 bits per heavy atom. The number of nitrogens with two attached hydrogens (primary N) is 1. The van der Waals surface area contributed by atoms with E-state index in [2.05, 4.69) is 0 Å². The standard InChI is InChI=1S/C9H15F3N2O2/c10-9(11,12)6-2-1-3-14(5-6)7(4-13)8(15)16/h6-7H,1-5,13H2,(H,15,16). The second-order valence-electron chi connectivity index (χ2n) is 3.97. The van der Waals surface area contributed by atoms with Crippen molar-refractivity contribution in [1.82, 2.24) is 4.90 Å². The van der Waals surface area contributed by atoms with Gasteiger partial charge in [-0.2, -0.15) is 13.2 Å². The Labute approximate surface area is 91.2 Å². The first-order valence-corrected chi connectivity index (χ1v) is 5.10. The van der Waals surface area contributed by atoms with Crippen LogP contribution in [0.15, 0.2) is 0 Å². The van der Waals surface area contributed by atoms with Crippen molar-refractivity contribution in [2.24, 2.45) is 11.7 Å². The number of carboxylic acid groups (broad SMARTS) is 1. The lowest BCUT2D eigenvalue weighted by Crippen LogP contribution is -2.52. The zero-order chi connectivity index (χ0) is 12.3. The lowest BCUT2D eigenvalue weighted by molar-refractivity contribution is -0.190. The molecule has 16 heavy (non-hydrogen) atoms. The molecular weight excluding hydrogens is 225 g/mol. The number of halogens is 3. The van der Waals surface area contributed by atoms with Crippen LogP contribution in [0.1, 0.15) is 12.8 Å². The molecule has 7 heteroatoms. The number of hydrogen-bond acceptors (Lipinski definition) is 3. The van der Waals surface area contributed by atoms with E-state index in [0.717, 1.165) is 0 Å². The second kappa shape index (κ2) is 5.01. The van der Waals surface area contributed by atoms with E-state index >= 15 is 0 Å². The number of carboxylic acids is 1. The van der Waals surface area contributed by atoms with Gasteiger partial charge in [0.1, 0.15) is 6.04 Å². The molecule has 0 amide bonds. The topological polar surface area (TPSA) is 66.6 Å². The van der Waals surface area contributed by atoms with E-state index in [1.165, 1.54) is 4.90 Å². The predicted octanol–water partition coefficient (Wildman–Crippen LogP) is 0.673. The molecule has 1 aliphatic rings. The van der Waals surface area contributed by atoms with E-state index in [9.17, 15) is 18.0 Å². The summed E-state index contributed by atoms with van der Waals surface area (Å²) < 4.78 is 37.4. The molecule has 0 bridgehead atoms. The summed E-state index contributed by atoms with van der Waals surface area (Å²) in [5, 5.41) is 8.81. The van der Waals surface area contributed by atoms with E-state index in [-0.39, 0.29) is 19.5 Å². The summed E-state index contributed by atoms with van der Waals surface area (Å²) in [6, 6.07) is -1.01. The van der Waals surface area contributed by atoms with Crippen molar-refractivity contribution in [3.8, 4) is 0 Å². The molecule has 1 saturated heterocycles. The molecule has 1 rings (SSSR count). The number of piperidine rings is 1. The number of alkyl halides is 3.